The fourth-order valence-electron chi connectivity index (χ4n) is 6.41. The van der Waals surface area contributed by atoms with E-state index < -0.39 is 0 Å². The van der Waals surface area contributed by atoms with E-state index in [1.54, 1.807) is 97.4 Å². The van der Waals surface area contributed by atoms with Crippen LogP contribution in [0.25, 0.3) is 32.9 Å². The molecule has 1 saturated carbocycles. The zero-order chi connectivity index (χ0) is 33.4. The van der Waals surface area contributed by atoms with Crippen molar-refractivity contribution in [3.63, 3.8) is 0 Å². The first-order valence-electron chi connectivity index (χ1n) is 15.6. The van der Waals surface area contributed by atoms with Crippen LogP contribution < -0.4 is 11.1 Å². The number of halogens is 2. The van der Waals surface area contributed by atoms with Crippen molar-refractivity contribution in [1.29, 1.82) is 0 Å². The molecule has 10 heteroatoms. The molecule has 0 aliphatic heterocycles. The summed E-state index contributed by atoms with van der Waals surface area (Å²) in [4.78, 5) is 36.5. The molecule has 0 unspecified atom stereocenters. The Labute approximate surface area is 285 Å². The first kappa shape index (κ1) is 31.4. The molecular weight excluding hydrogens is 647 g/mol. The number of hydrogen-bond acceptors (Lipinski definition) is 6. The summed E-state index contributed by atoms with van der Waals surface area (Å²) in [7, 11) is 0. The molecule has 7 rings (SSSR count). The Hall–Kier alpha value is -5.18. The van der Waals surface area contributed by atoms with Gasteiger partial charge >= 0.3 is 0 Å². The van der Waals surface area contributed by atoms with Crippen LogP contribution >= 0.6 is 23.2 Å². The van der Waals surface area contributed by atoms with E-state index in [1.807, 2.05) is 12.1 Å². The third-order valence-corrected chi connectivity index (χ3v) is 9.53. The van der Waals surface area contributed by atoms with Crippen molar-refractivity contribution in [2.75, 3.05) is 0 Å². The lowest BCUT2D eigenvalue weighted by Gasteiger charge is -2.23. The molecule has 6 aromatic rings. The number of benzene rings is 4. The fourth-order valence-corrected chi connectivity index (χ4v) is 6.85. The van der Waals surface area contributed by atoms with Crippen LogP contribution in [0.1, 0.15) is 36.8 Å². The zero-order valence-electron chi connectivity index (χ0n) is 25.6. The van der Waals surface area contributed by atoms with Gasteiger partial charge in [0.25, 0.3) is 11.1 Å². The zero-order valence-corrected chi connectivity index (χ0v) is 27.1. The van der Waals surface area contributed by atoms with Gasteiger partial charge in [-0.3, -0.25) is 19.6 Å². The lowest BCUT2D eigenvalue weighted by atomic mass is 9.92. The average molecular weight is 678 g/mol. The number of para-hydroxylation sites is 2. The van der Waals surface area contributed by atoms with Gasteiger partial charge in [0.15, 0.2) is 0 Å². The SMILES string of the molecule is O=c1c2ccccc2c(C=NC2CCC(N=Cc3c(O)n(-c4ccccc4Cl)c(=O)c4ccccc34)CC2)c(O)n1-c1ccccc1Cl. The Balaban J connectivity index is 1.15. The van der Waals surface area contributed by atoms with Crippen molar-refractivity contribution in [2.24, 2.45) is 9.98 Å². The van der Waals surface area contributed by atoms with Gasteiger partial charge in [0.05, 0.1) is 44.6 Å². The predicted octanol–water partition coefficient (Wildman–Crippen LogP) is 7.86. The minimum atomic E-state index is -0.368. The van der Waals surface area contributed by atoms with Crippen molar-refractivity contribution < 1.29 is 10.2 Å². The molecule has 0 spiro atoms. The molecule has 48 heavy (non-hydrogen) atoms. The minimum absolute atomic E-state index is 0.00772. The van der Waals surface area contributed by atoms with Crippen molar-refractivity contribution >= 4 is 57.2 Å². The standard InChI is InChI=1S/C38H30Cl2N4O4/c39-31-13-5-7-15-33(31)43-35(45)27-11-3-1-9-25(27)29(37(43)47)21-41-23-17-19-24(20-18-23)42-22-30-26-10-2-4-12-28(26)36(46)44(38(30)48)34-16-8-6-14-32(34)40/h1-16,21-24,47-48H,17-20H2. The van der Waals surface area contributed by atoms with Crippen molar-refractivity contribution in [1.82, 2.24) is 9.13 Å². The number of hydrogen-bond donors (Lipinski definition) is 2. The van der Waals surface area contributed by atoms with Crippen molar-refractivity contribution in [3.05, 3.63) is 139 Å². The van der Waals surface area contributed by atoms with Gasteiger partial charge in [0.2, 0.25) is 11.8 Å². The Kier molecular flexibility index (Phi) is 8.60. The maximum Gasteiger partial charge on any atom is 0.265 e. The Bertz CT molecular complexity index is 2210. The van der Waals surface area contributed by atoms with Gasteiger partial charge in [0, 0.05) is 34.0 Å². The predicted molar refractivity (Wildman–Crippen MR) is 194 cm³/mol. The maximum atomic E-state index is 13.4. The summed E-state index contributed by atoms with van der Waals surface area (Å²) in [5.74, 6) is -0.446. The van der Waals surface area contributed by atoms with E-state index in [0.717, 1.165) is 25.7 Å². The second-order valence-electron chi connectivity index (χ2n) is 11.8. The molecular formula is C38H30Cl2N4O4. The number of aromatic nitrogens is 2. The third-order valence-electron chi connectivity index (χ3n) is 8.89. The first-order chi connectivity index (χ1) is 23.3. The van der Waals surface area contributed by atoms with E-state index in [4.69, 9.17) is 33.2 Å². The van der Waals surface area contributed by atoms with Crippen molar-refractivity contribution in [3.8, 4) is 23.1 Å². The topological polar surface area (TPSA) is 109 Å². The molecule has 0 radical (unpaired) electrons. The molecule has 0 atom stereocenters. The molecule has 240 valence electrons. The van der Waals surface area contributed by atoms with Crippen LogP contribution in [0.2, 0.25) is 10.0 Å². The minimum Gasteiger partial charge on any atom is -0.494 e. The number of aliphatic imine (C=N–C) groups is 2. The summed E-state index contributed by atoms with van der Waals surface area (Å²) in [5, 5.41) is 25.5. The van der Waals surface area contributed by atoms with E-state index in [9.17, 15) is 19.8 Å². The number of pyridine rings is 2. The fraction of sp³-hybridized carbons (Fsp3) is 0.158. The summed E-state index contributed by atoms with van der Waals surface area (Å²) in [6.45, 7) is 0. The summed E-state index contributed by atoms with van der Waals surface area (Å²) in [5.41, 5.74) is 0.936. The monoisotopic (exact) mass is 676 g/mol. The molecule has 2 heterocycles. The summed E-state index contributed by atoms with van der Waals surface area (Å²) < 4.78 is 2.46. The van der Waals surface area contributed by atoms with Crippen LogP contribution in [0.4, 0.5) is 0 Å². The number of aromatic hydroxyl groups is 2. The lowest BCUT2D eigenvalue weighted by molar-refractivity contribution is 0.399. The maximum absolute atomic E-state index is 13.4. The second kappa shape index (κ2) is 13.1. The van der Waals surface area contributed by atoms with Gasteiger partial charge in [0.1, 0.15) is 0 Å². The van der Waals surface area contributed by atoms with E-state index in [0.29, 0.717) is 54.1 Å². The second-order valence-corrected chi connectivity index (χ2v) is 12.6. The highest BCUT2D eigenvalue weighted by molar-refractivity contribution is 6.32. The Morgan fingerprint density at radius 3 is 1.25 bits per heavy atom. The Morgan fingerprint density at radius 2 is 0.875 bits per heavy atom. The third kappa shape index (κ3) is 5.67. The molecule has 4 aromatic carbocycles. The smallest absolute Gasteiger partial charge is 0.265 e. The van der Waals surface area contributed by atoms with Crippen LogP contribution in [0.5, 0.6) is 11.8 Å². The molecule has 0 bridgehead atoms. The molecule has 8 nitrogen and oxygen atoms in total. The number of fused-ring (bicyclic) bond motifs is 2. The highest BCUT2D eigenvalue weighted by Crippen LogP contribution is 2.32. The number of rotatable bonds is 6. The molecule has 2 N–H and O–H groups in total. The summed E-state index contributed by atoms with van der Waals surface area (Å²) >= 11 is 12.8. The van der Waals surface area contributed by atoms with Crippen LogP contribution in [-0.4, -0.2) is 43.9 Å². The molecule has 1 aliphatic carbocycles. The van der Waals surface area contributed by atoms with E-state index >= 15 is 0 Å². The quantitative estimate of drug-likeness (QED) is 0.175. The van der Waals surface area contributed by atoms with E-state index in [2.05, 4.69) is 0 Å². The lowest BCUT2D eigenvalue weighted by Crippen LogP contribution is -2.22. The van der Waals surface area contributed by atoms with Gasteiger partial charge in [-0.1, -0.05) is 83.9 Å². The average Bonchev–Trinajstić information content (AvgIpc) is 3.10. The molecule has 1 fully saturated rings. The summed E-state index contributed by atoms with van der Waals surface area (Å²) in [6.07, 6.45) is 6.34. The molecule has 0 saturated heterocycles. The Morgan fingerprint density at radius 1 is 0.542 bits per heavy atom. The molecule has 1 aliphatic rings. The van der Waals surface area contributed by atoms with E-state index in [1.165, 1.54) is 9.13 Å². The van der Waals surface area contributed by atoms with Gasteiger partial charge in [-0.2, -0.15) is 0 Å². The van der Waals surface area contributed by atoms with Crippen LogP contribution in [0.3, 0.4) is 0 Å². The molecule has 2 aromatic heterocycles. The van der Waals surface area contributed by atoms with Crippen LogP contribution in [-0.2, 0) is 0 Å². The van der Waals surface area contributed by atoms with Gasteiger partial charge in [-0.05, 0) is 62.1 Å². The van der Waals surface area contributed by atoms with Crippen molar-refractivity contribution in [2.45, 2.75) is 37.8 Å². The van der Waals surface area contributed by atoms with Gasteiger partial charge < -0.3 is 10.2 Å². The normalized spacial score (nSPS) is 16.8. The number of nitrogens with zero attached hydrogens (tertiary/aromatic N) is 4. The summed E-state index contributed by atoms with van der Waals surface area (Å²) in [6, 6.07) is 28.0. The highest BCUT2D eigenvalue weighted by Gasteiger charge is 2.23. The van der Waals surface area contributed by atoms with E-state index in [-0.39, 0.29) is 35.0 Å². The first-order valence-corrected chi connectivity index (χ1v) is 16.4. The van der Waals surface area contributed by atoms with Gasteiger partial charge in [-0.15, -0.1) is 0 Å². The van der Waals surface area contributed by atoms with Crippen LogP contribution in [0, 0.1) is 0 Å². The largest absolute Gasteiger partial charge is 0.494 e. The van der Waals surface area contributed by atoms with Gasteiger partial charge in [-0.25, -0.2) is 9.13 Å². The molecule has 0 amide bonds. The van der Waals surface area contributed by atoms with Crippen LogP contribution in [0.15, 0.2) is 117 Å². The highest BCUT2D eigenvalue weighted by atomic mass is 35.5.